The molecule has 0 aliphatic rings. The fraction of sp³-hybridized carbons (Fsp3) is 0.235. The van der Waals surface area contributed by atoms with Crippen molar-refractivity contribution in [3.05, 3.63) is 67.6 Å². The molecule has 1 atom stereocenters. The number of halogens is 1. The zero-order valence-corrected chi connectivity index (χ0v) is 16.3. The van der Waals surface area contributed by atoms with Gasteiger partial charge in [-0.1, -0.05) is 29.4 Å². The Labute approximate surface area is 176 Å². The zero-order valence-electron chi connectivity index (χ0n) is 14.1. The van der Waals surface area contributed by atoms with E-state index in [1.54, 1.807) is 30.3 Å². The van der Waals surface area contributed by atoms with Crippen LogP contribution in [0.2, 0.25) is 0 Å². The molecule has 1 N–H and O–H groups in total. The van der Waals surface area contributed by atoms with E-state index in [9.17, 15) is 15.0 Å². The Morgan fingerprint density at radius 2 is 2.00 bits per heavy atom. The fourth-order valence-corrected chi connectivity index (χ4v) is 2.83. The van der Waals surface area contributed by atoms with Crippen molar-refractivity contribution in [3.8, 4) is 5.75 Å². The van der Waals surface area contributed by atoms with Crippen molar-refractivity contribution < 1.29 is 38.6 Å². The van der Waals surface area contributed by atoms with Gasteiger partial charge in [-0.05, 0) is 70.3 Å². The number of carbonyl (C=O) groups is 1. The number of ether oxygens (including phenoxy) is 1. The van der Waals surface area contributed by atoms with Crippen LogP contribution in [0, 0.1) is 3.57 Å². The number of carboxylic acids is 1. The summed E-state index contributed by atoms with van der Waals surface area (Å²) in [5.41, 5.74) is 10.6. The Bertz CT molecular complexity index is 795. The van der Waals surface area contributed by atoms with Crippen LogP contribution in [0.1, 0.15) is 30.1 Å². The predicted octanol–water partition coefficient (Wildman–Crippen LogP) is 0.380. The second-order valence-corrected chi connectivity index (χ2v) is 6.42. The Morgan fingerprint density at radius 1 is 1.31 bits per heavy atom. The van der Waals surface area contributed by atoms with Gasteiger partial charge in [0.05, 0.1) is 11.8 Å². The van der Waals surface area contributed by atoms with Crippen LogP contribution in [0.25, 0.3) is 10.4 Å². The van der Waals surface area contributed by atoms with Crippen LogP contribution in [-0.4, -0.2) is 11.1 Å². The summed E-state index contributed by atoms with van der Waals surface area (Å²) in [6.07, 6.45) is -0.927. The third kappa shape index (κ3) is 6.90. The molecule has 0 amide bonds. The molecule has 0 aromatic heterocycles. The second kappa shape index (κ2) is 11.1. The van der Waals surface area contributed by atoms with Gasteiger partial charge in [-0.3, -0.25) is 0 Å². The number of aliphatic hydroxyl groups is 1. The third-order valence-corrected chi connectivity index (χ3v) is 4.32. The molecule has 2 aromatic rings. The molecule has 9 heteroatoms. The molecule has 1 unspecified atom stereocenters. The predicted molar refractivity (Wildman–Crippen MR) is 97.9 cm³/mol. The van der Waals surface area contributed by atoms with Gasteiger partial charge in [0.15, 0.2) is 0 Å². The van der Waals surface area contributed by atoms with Gasteiger partial charge in [0.25, 0.3) is 0 Å². The number of hydrogen-bond donors (Lipinski definition) is 1. The molecular weight excluding hydrogens is 444 g/mol. The van der Waals surface area contributed by atoms with Gasteiger partial charge in [0.2, 0.25) is 0 Å². The van der Waals surface area contributed by atoms with Gasteiger partial charge >= 0.3 is 18.9 Å². The number of benzene rings is 2. The maximum Gasteiger partial charge on any atom is 1.00 e. The molecule has 0 heterocycles. The zero-order chi connectivity index (χ0) is 18.2. The maximum atomic E-state index is 10.4. The average Bonchev–Trinajstić information content (AvgIpc) is 2.60. The van der Waals surface area contributed by atoms with Crippen molar-refractivity contribution in [2.45, 2.75) is 25.6 Å². The summed E-state index contributed by atoms with van der Waals surface area (Å²) < 4.78 is 6.52. The summed E-state index contributed by atoms with van der Waals surface area (Å²) in [5.74, 6) is -0.551. The smallest absolute Gasteiger partial charge is 0.550 e. The van der Waals surface area contributed by atoms with Crippen molar-refractivity contribution in [2.24, 2.45) is 5.11 Å². The first-order valence-corrected chi connectivity index (χ1v) is 8.51. The molecule has 0 bridgehead atoms. The summed E-state index contributed by atoms with van der Waals surface area (Å²) in [7, 11) is 0. The SMILES string of the molecule is [Li+].[N-]=[N+]=Nc1ccc(COc2ccc(C(O)CCC(=O)[O-])cc2)cc1I. The number of hydrogen-bond acceptors (Lipinski definition) is 5. The molecule has 26 heavy (non-hydrogen) atoms. The number of aliphatic carboxylic acids is 1. The van der Waals surface area contributed by atoms with Crippen molar-refractivity contribution in [2.75, 3.05) is 0 Å². The number of nitrogens with zero attached hydrogens (tertiary/aromatic N) is 3. The van der Waals surface area contributed by atoms with Crippen molar-refractivity contribution in [1.29, 1.82) is 0 Å². The van der Waals surface area contributed by atoms with Gasteiger partial charge in [-0.2, -0.15) is 0 Å². The number of aliphatic hydroxyl groups excluding tert-OH is 1. The monoisotopic (exact) mass is 459 g/mol. The molecule has 2 rings (SSSR count). The van der Waals surface area contributed by atoms with Crippen LogP contribution >= 0.6 is 22.6 Å². The molecule has 0 radical (unpaired) electrons. The van der Waals surface area contributed by atoms with E-state index < -0.39 is 12.1 Å². The van der Waals surface area contributed by atoms with Crippen LogP contribution in [0.3, 0.4) is 0 Å². The molecule has 0 saturated heterocycles. The minimum Gasteiger partial charge on any atom is -0.550 e. The van der Waals surface area contributed by atoms with Gasteiger partial charge < -0.3 is 19.7 Å². The summed E-state index contributed by atoms with van der Waals surface area (Å²) >= 11 is 2.09. The van der Waals surface area contributed by atoms with E-state index in [2.05, 4.69) is 32.6 Å². The molecule has 130 valence electrons. The van der Waals surface area contributed by atoms with Gasteiger partial charge in [-0.25, -0.2) is 0 Å². The minimum atomic E-state index is -1.18. The van der Waals surface area contributed by atoms with E-state index in [1.165, 1.54) is 0 Å². The van der Waals surface area contributed by atoms with E-state index in [4.69, 9.17) is 10.3 Å². The summed E-state index contributed by atoms with van der Waals surface area (Å²) in [4.78, 5) is 13.2. The Balaban J connectivity index is 0.00000338. The summed E-state index contributed by atoms with van der Waals surface area (Å²) in [6.45, 7) is 0.346. The molecule has 0 saturated carbocycles. The van der Waals surface area contributed by atoms with E-state index >= 15 is 0 Å². The molecule has 0 aliphatic carbocycles. The molecule has 7 nitrogen and oxygen atoms in total. The fourth-order valence-electron chi connectivity index (χ4n) is 2.14. The van der Waals surface area contributed by atoms with Crippen molar-refractivity contribution in [3.63, 3.8) is 0 Å². The van der Waals surface area contributed by atoms with E-state index in [1.807, 2.05) is 12.1 Å². The standard InChI is InChI=1S/C17H16IN3O4.Li/c18-14-9-11(1-6-15(14)20-21-19)10-25-13-4-2-12(3-5-13)16(22)7-8-17(23)24;/h1-6,9,16,22H,7-8,10H2,(H,23,24);/q;+1/p-1. The molecule has 2 aromatic carbocycles. The van der Waals surface area contributed by atoms with Crippen LogP contribution in [-0.2, 0) is 11.4 Å². The van der Waals surface area contributed by atoms with Crippen LogP contribution in [0.5, 0.6) is 5.75 Å². The molecule has 0 aliphatic heterocycles. The van der Waals surface area contributed by atoms with Crippen LogP contribution in [0.15, 0.2) is 47.6 Å². The van der Waals surface area contributed by atoms with Gasteiger partial charge in [0, 0.05) is 14.5 Å². The molecular formula is C17H15ILiN3O4. The van der Waals surface area contributed by atoms with Crippen molar-refractivity contribution >= 4 is 34.2 Å². The van der Waals surface area contributed by atoms with Crippen LogP contribution in [0.4, 0.5) is 5.69 Å². The van der Waals surface area contributed by atoms with E-state index in [-0.39, 0.29) is 31.7 Å². The van der Waals surface area contributed by atoms with E-state index in [0.717, 1.165) is 9.13 Å². The quantitative estimate of drug-likeness (QED) is 0.202. The normalized spacial score (nSPS) is 11.0. The number of carboxylic acid groups (broad SMARTS) is 1. The van der Waals surface area contributed by atoms with Gasteiger partial charge in [-0.15, -0.1) is 0 Å². The molecule has 0 spiro atoms. The van der Waals surface area contributed by atoms with Gasteiger partial charge in [0.1, 0.15) is 12.4 Å². The second-order valence-electron chi connectivity index (χ2n) is 5.26. The third-order valence-electron chi connectivity index (χ3n) is 3.46. The Kier molecular flexibility index (Phi) is 9.55. The minimum absolute atomic E-state index is 0. The molecule has 0 fully saturated rings. The first-order chi connectivity index (χ1) is 12.0. The maximum absolute atomic E-state index is 10.4. The van der Waals surface area contributed by atoms with E-state index in [0.29, 0.717) is 23.6 Å². The van der Waals surface area contributed by atoms with Crippen molar-refractivity contribution in [1.82, 2.24) is 0 Å². The first kappa shape index (κ1) is 22.3. The largest absolute Gasteiger partial charge is 1.00 e. The summed E-state index contributed by atoms with van der Waals surface area (Å²) in [5, 5.41) is 23.9. The first-order valence-electron chi connectivity index (χ1n) is 7.44. The topological polar surface area (TPSA) is 118 Å². The Hall–Kier alpha value is -1.69. The Morgan fingerprint density at radius 3 is 2.58 bits per heavy atom. The summed E-state index contributed by atoms with van der Waals surface area (Å²) in [6, 6.07) is 12.3. The average molecular weight is 459 g/mol. The number of rotatable bonds is 8. The number of carbonyl (C=O) groups excluding carboxylic acids is 1. The van der Waals surface area contributed by atoms with Crippen LogP contribution < -0.4 is 28.7 Å². The number of azide groups is 1.